The summed E-state index contributed by atoms with van der Waals surface area (Å²) in [6.45, 7) is 9.20. The molecule has 0 spiro atoms. The molecule has 1 radical (unpaired) electrons. The maximum atomic E-state index is 6.28. The first kappa shape index (κ1) is 22.6. The zero-order valence-electron chi connectivity index (χ0n) is 19.1. The van der Waals surface area contributed by atoms with Crippen LogP contribution < -0.4 is 9.80 Å². The SMILES string of the molecule is [CH]=CC1=C(N(c2ccccc2)c2ccccc2)C(=CC=C2Sc3ccc(Cl)cc3N2CC)CC1. The Morgan fingerprint density at radius 2 is 1.62 bits per heavy atom. The van der Waals surface area contributed by atoms with Crippen molar-refractivity contribution in [1.29, 1.82) is 0 Å². The number of rotatable bonds is 6. The first-order valence-electron chi connectivity index (χ1n) is 11.5. The summed E-state index contributed by atoms with van der Waals surface area (Å²) in [6.07, 6.45) is 8.16. The lowest BCUT2D eigenvalue weighted by Gasteiger charge is -2.28. The van der Waals surface area contributed by atoms with Crippen molar-refractivity contribution in [2.45, 2.75) is 24.7 Å². The lowest BCUT2D eigenvalue weighted by atomic mass is 10.1. The quantitative estimate of drug-likeness (QED) is 0.347. The standard InChI is InChI=1S/C30H26ClN2S/c1-3-22-15-16-23(17-20-29-32(4-2)27-21-24(31)18-19-28(27)34-29)30(22)33(25-11-7-5-8-12-25)26-13-9-6-10-14-26/h1,3,5-14,17-21H,4,15-16H2,2H3. The molecule has 4 heteroatoms. The Balaban J connectivity index is 1.57. The van der Waals surface area contributed by atoms with E-state index in [2.05, 4.69) is 89.5 Å². The van der Waals surface area contributed by atoms with Gasteiger partial charge in [0.2, 0.25) is 0 Å². The zero-order chi connectivity index (χ0) is 23.5. The first-order chi connectivity index (χ1) is 16.7. The molecule has 0 atom stereocenters. The smallest absolute Gasteiger partial charge is 0.0801 e. The number of nitrogens with zero attached hydrogens (tertiary/aromatic N) is 2. The minimum absolute atomic E-state index is 0.767. The summed E-state index contributed by atoms with van der Waals surface area (Å²) < 4.78 is 0. The molecule has 34 heavy (non-hydrogen) atoms. The molecule has 3 aromatic rings. The minimum Gasteiger partial charge on any atom is -0.335 e. The van der Waals surface area contributed by atoms with Crippen LogP contribution in [0.1, 0.15) is 19.8 Å². The fourth-order valence-corrected chi connectivity index (χ4v) is 5.86. The third-order valence-electron chi connectivity index (χ3n) is 6.16. The molecule has 0 amide bonds. The summed E-state index contributed by atoms with van der Waals surface area (Å²) in [6, 6.07) is 27.1. The zero-order valence-corrected chi connectivity index (χ0v) is 20.7. The number of halogens is 1. The summed E-state index contributed by atoms with van der Waals surface area (Å²) in [5.74, 6) is 0. The van der Waals surface area contributed by atoms with Crippen molar-refractivity contribution in [3.05, 3.63) is 131 Å². The summed E-state index contributed by atoms with van der Waals surface area (Å²) in [7, 11) is 0. The predicted molar refractivity (Wildman–Crippen MR) is 147 cm³/mol. The van der Waals surface area contributed by atoms with Crippen LogP contribution in [0.25, 0.3) is 0 Å². The average molecular weight is 482 g/mol. The minimum atomic E-state index is 0.767. The molecule has 0 fully saturated rings. The van der Waals surface area contributed by atoms with Crippen molar-refractivity contribution in [3.8, 4) is 0 Å². The van der Waals surface area contributed by atoms with Crippen LogP contribution in [0, 0.1) is 6.58 Å². The number of benzene rings is 3. The lowest BCUT2D eigenvalue weighted by molar-refractivity contribution is 1.000. The van der Waals surface area contributed by atoms with Gasteiger partial charge in [-0.05, 0) is 79.5 Å². The van der Waals surface area contributed by atoms with E-state index in [1.54, 1.807) is 17.8 Å². The second-order valence-electron chi connectivity index (χ2n) is 8.20. The first-order valence-corrected chi connectivity index (χ1v) is 12.7. The van der Waals surface area contributed by atoms with Gasteiger partial charge in [0.1, 0.15) is 0 Å². The summed E-state index contributed by atoms with van der Waals surface area (Å²) in [5.41, 5.74) is 7.04. The molecular weight excluding hydrogens is 456 g/mol. The molecule has 1 heterocycles. The molecule has 1 aliphatic heterocycles. The fraction of sp³-hybridized carbons (Fsp3) is 0.133. The van der Waals surface area contributed by atoms with Crippen molar-refractivity contribution in [2.24, 2.45) is 0 Å². The largest absolute Gasteiger partial charge is 0.335 e. The van der Waals surface area contributed by atoms with Gasteiger partial charge in [0.25, 0.3) is 0 Å². The van der Waals surface area contributed by atoms with Gasteiger partial charge in [-0.25, -0.2) is 0 Å². The highest BCUT2D eigenvalue weighted by Crippen LogP contribution is 2.47. The van der Waals surface area contributed by atoms with Crippen molar-refractivity contribution >= 4 is 40.4 Å². The van der Waals surface area contributed by atoms with Crippen LogP contribution >= 0.6 is 23.4 Å². The van der Waals surface area contributed by atoms with Crippen LogP contribution in [0.5, 0.6) is 0 Å². The van der Waals surface area contributed by atoms with Gasteiger partial charge >= 0.3 is 0 Å². The van der Waals surface area contributed by atoms with E-state index in [4.69, 9.17) is 18.2 Å². The van der Waals surface area contributed by atoms with Crippen LogP contribution in [-0.2, 0) is 0 Å². The van der Waals surface area contributed by atoms with Gasteiger partial charge in [-0.2, -0.15) is 0 Å². The molecule has 0 N–H and O–H groups in total. The third kappa shape index (κ3) is 4.34. The number of anilines is 3. The third-order valence-corrected chi connectivity index (χ3v) is 7.53. The highest BCUT2D eigenvalue weighted by atomic mass is 35.5. The van der Waals surface area contributed by atoms with Gasteiger partial charge in [0, 0.05) is 27.8 Å². The average Bonchev–Trinajstić information content (AvgIpc) is 3.44. The summed E-state index contributed by atoms with van der Waals surface area (Å²) in [5, 5.41) is 1.98. The van der Waals surface area contributed by atoms with Crippen molar-refractivity contribution < 1.29 is 0 Å². The normalized spacial score (nSPS) is 17.5. The maximum absolute atomic E-state index is 6.28. The van der Waals surface area contributed by atoms with Gasteiger partial charge in [-0.1, -0.05) is 78.5 Å². The Hall–Kier alpha value is -3.14. The molecule has 169 valence electrons. The number of allylic oxidation sites excluding steroid dienone is 5. The van der Waals surface area contributed by atoms with E-state index in [-0.39, 0.29) is 0 Å². The number of fused-ring (bicyclic) bond motifs is 1. The van der Waals surface area contributed by atoms with Gasteiger partial charge in [0.05, 0.1) is 16.4 Å². The summed E-state index contributed by atoms with van der Waals surface area (Å²) >= 11 is 8.07. The number of para-hydroxylation sites is 2. The van der Waals surface area contributed by atoms with Crippen LogP contribution in [0.2, 0.25) is 5.02 Å². The van der Waals surface area contributed by atoms with Crippen LogP contribution in [0.4, 0.5) is 17.1 Å². The highest BCUT2D eigenvalue weighted by Gasteiger charge is 2.27. The molecule has 0 bridgehead atoms. The van der Waals surface area contributed by atoms with E-state index in [0.29, 0.717) is 0 Å². The topological polar surface area (TPSA) is 6.48 Å². The van der Waals surface area contributed by atoms with Crippen LogP contribution in [0.15, 0.2) is 124 Å². The Kier molecular flexibility index (Phi) is 6.66. The van der Waals surface area contributed by atoms with E-state index in [1.165, 1.54) is 32.5 Å². The maximum Gasteiger partial charge on any atom is 0.0801 e. The molecule has 2 nitrogen and oxygen atoms in total. The number of hydrogen-bond acceptors (Lipinski definition) is 3. The van der Waals surface area contributed by atoms with Crippen molar-refractivity contribution in [2.75, 3.05) is 16.3 Å². The van der Waals surface area contributed by atoms with E-state index in [1.807, 2.05) is 18.2 Å². The van der Waals surface area contributed by atoms with Gasteiger partial charge in [-0.3, -0.25) is 0 Å². The molecule has 2 aliphatic rings. The Morgan fingerprint density at radius 3 is 2.24 bits per heavy atom. The Morgan fingerprint density at radius 1 is 0.941 bits per heavy atom. The second-order valence-corrected chi connectivity index (χ2v) is 9.70. The Bertz CT molecular complexity index is 1250. The highest BCUT2D eigenvalue weighted by molar-refractivity contribution is 8.03. The molecule has 0 unspecified atom stereocenters. The van der Waals surface area contributed by atoms with Gasteiger partial charge in [0.15, 0.2) is 0 Å². The van der Waals surface area contributed by atoms with E-state index >= 15 is 0 Å². The molecule has 0 saturated heterocycles. The Labute approximate surface area is 211 Å². The number of hydrogen-bond donors (Lipinski definition) is 0. The second kappa shape index (κ2) is 10.0. The van der Waals surface area contributed by atoms with E-state index < -0.39 is 0 Å². The molecule has 0 aromatic heterocycles. The lowest BCUT2D eigenvalue weighted by Crippen LogP contribution is -2.18. The molecule has 0 saturated carbocycles. The number of thioether (sulfide) groups is 1. The van der Waals surface area contributed by atoms with Crippen LogP contribution in [-0.4, -0.2) is 6.54 Å². The van der Waals surface area contributed by atoms with Crippen LogP contribution in [0.3, 0.4) is 0 Å². The fourth-order valence-electron chi connectivity index (χ4n) is 4.58. The van der Waals surface area contributed by atoms with E-state index in [9.17, 15) is 0 Å². The predicted octanol–water partition coefficient (Wildman–Crippen LogP) is 8.92. The monoisotopic (exact) mass is 481 g/mol. The van der Waals surface area contributed by atoms with Gasteiger partial charge in [-0.15, -0.1) is 0 Å². The van der Waals surface area contributed by atoms with Gasteiger partial charge < -0.3 is 9.80 Å². The summed E-state index contributed by atoms with van der Waals surface area (Å²) in [4.78, 5) is 5.89. The van der Waals surface area contributed by atoms with Crippen molar-refractivity contribution in [3.63, 3.8) is 0 Å². The molecule has 5 rings (SSSR count). The molecular formula is C30H26ClN2S. The van der Waals surface area contributed by atoms with Crippen molar-refractivity contribution in [1.82, 2.24) is 0 Å². The molecule has 1 aliphatic carbocycles. The molecule has 3 aromatic carbocycles. The van der Waals surface area contributed by atoms with E-state index in [0.717, 1.165) is 35.8 Å².